The van der Waals surface area contributed by atoms with E-state index in [-0.39, 0.29) is 30.1 Å². The first kappa shape index (κ1) is 33.5. The van der Waals surface area contributed by atoms with Gasteiger partial charge in [-0.3, -0.25) is 4.79 Å². The monoisotopic (exact) mass is 637 g/mol. The van der Waals surface area contributed by atoms with Gasteiger partial charge >= 0.3 is 5.97 Å². The molecule has 7 atom stereocenters. The van der Waals surface area contributed by atoms with Crippen LogP contribution in [0.1, 0.15) is 49.4 Å². The lowest BCUT2D eigenvalue weighted by atomic mass is 9.78. The predicted molar refractivity (Wildman–Crippen MR) is 166 cm³/mol. The molecule has 0 radical (unpaired) electrons. The van der Waals surface area contributed by atoms with Gasteiger partial charge in [0.25, 0.3) is 0 Å². The Balaban J connectivity index is 1.34. The third kappa shape index (κ3) is 7.08. The Morgan fingerprint density at radius 2 is 1.50 bits per heavy atom. The highest BCUT2D eigenvalue weighted by atomic mass is 19.1. The van der Waals surface area contributed by atoms with Gasteiger partial charge < -0.3 is 39.9 Å². The van der Waals surface area contributed by atoms with Crippen LogP contribution in [0.2, 0.25) is 0 Å². The van der Waals surface area contributed by atoms with E-state index in [1.54, 1.807) is 41.3 Å². The third-order valence-corrected chi connectivity index (χ3v) is 8.86. The summed E-state index contributed by atoms with van der Waals surface area (Å²) in [6, 6.07) is 20.3. The fourth-order valence-corrected chi connectivity index (χ4v) is 6.12. The van der Waals surface area contributed by atoms with Crippen molar-refractivity contribution >= 4 is 17.6 Å². The first-order valence-electron chi connectivity index (χ1n) is 15.4. The summed E-state index contributed by atoms with van der Waals surface area (Å²) in [5.74, 6) is -1.40. The minimum Gasteiger partial charge on any atom is -0.478 e. The minimum atomic E-state index is -1.45. The molecule has 0 aliphatic carbocycles. The topological polar surface area (TPSA) is 157 Å². The van der Waals surface area contributed by atoms with Gasteiger partial charge in [0, 0.05) is 12.1 Å². The Morgan fingerprint density at radius 3 is 2.11 bits per heavy atom. The molecule has 7 unspecified atom stereocenters. The minimum absolute atomic E-state index is 0.0472. The van der Waals surface area contributed by atoms with Crippen LogP contribution in [-0.4, -0.2) is 80.1 Å². The molecule has 2 heterocycles. The first-order chi connectivity index (χ1) is 21.9. The van der Waals surface area contributed by atoms with E-state index in [1.165, 1.54) is 26.0 Å². The van der Waals surface area contributed by atoms with Crippen LogP contribution in [0.4, 0.5) is 10.1 Å². The van der Waals surface area contributed by atoms with Crippen molar-refractivity contribution in [1.82, 2.24) is 0 Å². The average Bonchev–Trinajstić information content (AvgIpc) is 3.04. The highest BCUT2D eigenvalue weighted by Gasteiger charge is 2.48. The Kier molecular flexibility index (Phi) is 10.1. The number of carboxylic acids is 1. The molecule has 0 bridgehead atoms. The number of carbonyl (C=O) groups excluding carboxylic acids is 1. The number of rotatable bonds is 12. The second-order valence-electron chi connectivity index (χ2n) is 12.5. The van der Waals surface area contributed by atoms with Crippen molar-refractivity contribution in [3.8, 4) is 5.75 Å². The molecule has 246 valence electrons. The first-order valence-corrected chi connectivity index (χ1v) is 15.4. The Hall–Kier alpha value is -3.87. The van der Waals surface area contributed by atoms with Gasteiger partial charge in [-0.25, -0.2) is 9.18 Å². The van der Waals surface area contributed by atoms with E-state index in [0.717, 1.165) is 23.1 Å². The smallest absolute Gasteiger partial charge is 0.347 e. The van der Waals surface area contributed by atoms with Crippen molar-refractivity contribution in [2.24, 2.45) is 5.92 Å². The molecule has 0 spiro atoms. The molecule has 5 rings (SSSR count). The second-order valence-corrected chi connectivity index (χ2v) is 12.5. The van der Waals surface area contributed by atoms with Crippen molar-refractivity contribution in [3.63, 3.8) is 0 Å². The molecule has 0 saturated carbocycles. The van der Waals surface area contributed by atoms with Crippen LogP contribution in [-0.2, 0) is 27.2 Å². The van der Waals surface area contributed by atoms with Gasteiger partial charge in [-0.1, -0.05) is 36.4 Å². The number of hydrogen-bond acceptors (Lipinski definition) is 8. The van der Waals surface area contributed by atoms with Crippen molar-refractivity contribution in [2.45, 2.75) is 81.7 Å². The zero-order chi connectivity index (χ0) is 33.2. The lowest BCUT2D eigenvalue weighted by Crippen LogP contribution is -2.59. The van der Waals surface area contributed by atoms with Crippen LogP contribution in [0.25, 0.3) is 0 Å². The summed E-state index contributed by atoms with van der Waals surface area (Å²) in [5.41, 5.74) is 1.87. The maximum absolute atomic E-state index is 13.6. The Labute approximate surface area is 266 Å². The number of benzene rings is 3. The third-order valence-electron chi connectivity index (χ3n) is 8.86. The van der Waals surface area contributed by atoms with Gasteiger partial charge in [0.1, 0.15) is 36.0 Å². The Morgan fingerprint density at radius 1 is 0.891 bits per heavy atom. The molecule has 2 saturated heterocycles. The van der Waals surface area contributed by atoms with Crippen LogP contribution in [0.15, 0.2) is 72.8 Å². The molecule has 1 amide bonds. The number of hydrogen-bond donors (Lipinski definition) is 5. The summed E-state index contributed by atoms with van der Waals surface area (Å²) >= 11 is 0. The number of aliphatic carboxylic acids is 1. The number of anilines is 1. The van der Waals surface area contributed by atoms with Gasteiger partial charge in [0.15, 0.2) is 5.60 Å². The highest BCUT2D eigenvalue weighted by Crippen LogP contribution is 2.46. The maximum Gasteiger partial charge on any atom is 0.347 e. The number of β-lactam (4-membered cyclic amide) rings is 1. The van der Waals surface area contributed by atoms with Gasteiger partial charge in [-0.2, -0.15) is 0 Å². The molecule has 2 aliphatic rings. The maximum atomic E-state index is 13.6. The van der Waals surface area contributed by atoms with Gasteiger partial charge in [-0.15, -0.1) is 0 Å². The van der Waals surface area contributed by atoms with E-state index >= 15 is 0 Å². The number of nitrogens with zero attached hydrogens (tertiary/aromatic N) is 1. The van der Waals surface area contributed by atoms with E-state index in [4.69, 9.17) is 9.47 Å². The lowest BCUT2D eigenvalue weighted by Gasteiger charge is -2.48. The molecule has 46 heavy (non-hydrogen) atoms. The quantitative estimate of drug-likeness (QED) is 0.188. The molecular weight excluding hydrogens is 597 g/mol. The van der Waals surface area contributed by atoms with Gasteiger partial charge in [0.05, 0.1) is 24.7 Å². The summed E-state index contributed by atoms with van der Waals surface area (Å²) in [6.45, 7) is 2.41. The standard InChI is InChI=1S/C35H40FNO9/c1-35(2,34(43)44)46-25-16-14-24(15-17-25)37-29(26(33(37)42)5-3-4-20-8-12-23(36)13-9-20)22-10-6-21(7-11-22)18-27-30(39)32(41)31(40)28(19-38)45-27/h6-17,26-32,38-41H,3-5,18-19H2,1-2H3,(H,43,44). The van der Waals surface area contributed by atoms with E-state index in [0.29, 0.717) is 24.3 Å². The van der Waals surface area contributed by atoms with E-state index in [9.17, 15) is 39.5 Å². The summed E-state index contributed by atoms with van der Waals surface area (Å²) in [6.07, 6.45) is -3.79. The van der Waals surface area contributed by atoms with Crippen LogP contribution in [0.3, 0.4) is 0 Å². The highest BCUT2D eigenvalue weighted by molar-refractivity contribution is 6.03. The molecular formula is C35H40FNO9. The number of carboxylic acid groups (broad SMARTS) is 1. The molecule has 2 aliphatic heterocycles. The van der Waals surface area contributed by atoms with Crippen LogP contribution in [0, 0.1) is 11.7 Å². The van der Waals surface area contributed by atoms with Crippen LogP contribution in [0.5, 0.6) is 5.75 Å². The molecule has 10 nitrogen and oxygen atoms in total. The molecule has 5 N–H and O–H groups in total. The SMILES string of the molecule is CC(C)(Oc1ccc(N2C(=O)C(CCCc3ccc(F)cc3)C2c2ccc(CC3OC(CO)C(O)C(O)C3O)cc2)cc1)C(=O)O. The fourth-order valence-electron chi connectivity index (χ4n) is 6.12. The van der Waals surface area contributed by atoms with Crippen molar-refractivity contribution in [3.05, 3.63) is 95.3 Å². The molecule has 3 aromatic rings. The van der Waals surface area contributed by atoms with Crippen molar-refractivity contribution in [1.29, 1.82) is 0 Å². The largest absolute Gasteiger partial charge is 0.478 e. The number of halogens is 1. The fraction of sp³-hybridized carbons (Fsp3) is 0.429. The van der Waals surface area contributed by atoms with Gasteiger partial charge in [0.2, 0.25) is 5.91 Å². The predicted octanol–water partition coefficient (Wildman–Crippen LogP) is 3.18. The number of aryl methyl sites for hydroxylation is 1. The summed E-state index contributed by atoms with van der Waals surface area (Å²) < 4.78 is 24.6. The summed E-state index contributed by atoms with van der Waals surface area (Å²) in [7, 11) is 0. The number of carbonyl (C=O) groups is 2. The number of ether oxygens (including phenoxy) is 2. The molecule has 11 heteroatoms. The molecule has 2 fully saturated rings. The number of aliphatic hydroxyl groups is 4. The average molecular weight is 638 g/mol. The van der Waals surface area contributed by atoms with Crippen molar-refractivity contribution in [2.75, 3.05) is 11.5 Å². The van der Waals surface area contributed by atoms with E-state index < -0.39 is 48.7 Å². The number of aliphatic hydroxyl groups excluding tert-OH is 4. The lowest BCUT2D eigenvalue weighted by molar-refractivity contribution is -0.228. The zero-order valence-corrected chi connectivity index (χ0v) is 25.7. The normalized spacial score (nSPS) is 26.5. The van der Waals surface area contributed by atoms with Crippen LogP contribution < -0.4 is 9.64 Å². The molecule has 0 aromatic heterocycles. The summed E-state index contributed by atoms with van der Waals surface area (Å²) in [4.78, 5) is 26.8. The van der Waals surface area contributed by atoms with E-state index in [2.05, 4.69) is 0 Å². The zero-order valence-electron chi connectivity index (χ0n) is 25.7. The Bertz CT molecular complexity index is 1490. The second kappa shape index (κ2) is 13.9. The number of amides is 1. The van der Waals surface area contributed by atoms with Crippen LogP contribution >= 0.6 is 0 Å². The molecule has 3 aromatic carbocycles. The van der Waals surface area contributed by atoms with E-state index in [1.807, 2.05) is 24.3 Å². The van der Waals surface area contributed by atoms with Gasteiger partial charge in [-0.05, 0) is 86.2 Å². The van der Waals surface area contributed by atoms with Crippen molar-refractivity contribution < 1.29 is 49.0 Å². The summed E-state index contributed by atoms with van der Waals surface area (Å²) in [5, 5.41) is 49.6.